The molecule has 0 radical (unpaired) electrons. The molecule has 1 aromatic heterocycles. The molecule has 0 bridgehead atoms. The fourth-order valence-corrected chi connectivity index (χ4v) is 2.50. The quantitative estimate of drug-likeness (QED) is 0.664. The lowest BCUT2D eigenvalue weighted by Crippen LogP contribution is -2.02. The molecule has 0 unspecified atom stereocenters. The number of nitrogens with zero attached hydrogens (tertiary/aromatic N) is 2. The van der Waals surface area contributed by atoms with E-state index in [4.69, 9.17) is 0 Å². The molecule has 3 nitrogen and oxygen atoms in total. The Balaban J connectivity index is 1.78. The molecule has 0 aliphatic carbocycles. The van der Waals surface area contributed by atoms with E-state index < -0.39 is 0 Å². The average molecular weight is 278 g/mol. The number of carbonyl (C=O) groups excluding carboxylic acids is 1. The minimum atomic E-state index is 0.118. The van der Waals surface area contributed by atoms with Crippen molar-refractivity contribution in [3.05, 3.63) is 66.0 Å². The Morgan fingerprint density at radius 3 is 2.76 bits per heavy atom. The number of ketones is 1. The fourth-order valence-electron chi connectivity index (χ4n) is 2.50. The predicted octanol–water partition coefficient (Wildman–Crippen LogP) is 3.87. The minimum Gasteiger partial charge on any atom is -0.294 e. The molecule has 0 saturated heterocycles. The fraction of sp³-hybridized carbons (Fsp3) is 0.222. The molecule has 106 valence electrons. The molecule has 0 spiro atoms. The zero-order chi connectivity index (χ0) is 14.7. The third-order valence-electron chi connectivity index (χ3n) is 3.59. The molecule has 0 atom stereocenters. The summed E-state index contributed by atoms with van der Waals surface area (Å²) in [5, 5.41) is 6.58. The zero-order valence-electron chi connectivity index (χ0n) is 12.1. The van der Waals surface area contributed by atoms with Crippen molar-refractivity contribution in [3.63, 3.8) is 0 Å². The molecular weight excluding hydrogens is 260 g/mol. The van der Waals surface area contributed by atoms with Gasteiger partial charge in [-0.3, -0.25) is 9.48 Å². The normalized spacial score (nSPS) is 10.9. The van der Waals surface area contributed by atoms with Gasteiger partial charge in [-0.2, -0.15) is 5.10 Å². The summed E-state index contributed by atoms with van der Waals surface area (Å²) in [7, 11) is 0. The number of benzene rings is 2. The van der Waals surface area contributed by atoms with Crippen LogP contribution >= 0.6 is 0 Å². The lowest BCUT2D eigenvalue weighted by molar-refractivity contribution is 0.0993. The van der Waals surface area contributed by atoms with Gasteiger partial charge in [-0.15, -0.1) is 0 Å². The van der Waals surface area contributed by atoms with Gasteiger partial charge < -0.3 is 0 Å². The van der Waals surface area contributed by atoms with Gasteiger partial charge in [0, 0.05) is 19.2 Å². The Hall–Kier alpha value is -2.42. The second kappa shape index (κ2) is 5.92. The Labute approximate surface area is 124 Å². The van der Waals surface area contributed by atoms with Crippen molar-refractivity contribution in [2.75, 3.05) is 0 Å². The summed E-state index contributed by atoms with van der Waals surface area (Å²) < 4.78 is 1.83. The smallest absolute Gasteiger partial charge is 0.170 e. The molecule has 3 heteroatoms. The van der Waals surface area contributed by atoms with Gasteiger partial charge in [0.15, 0.2) is 5.78 Å². The van der Waals surface area contributed by atoms with E-state index in [1.807, 2.05) is 29.1 Å². The van der Waals surface area contributed by atoms with Crippen LogP contribution < -0.4 is 0 Å². The maximum atomic E-state index is 12.3. The van der Waals surface area contributed by atoms with Gasteiger partial charge in [0.05, 0.1) is 11.8 Å². The number of rotatable bonds is 5. The van der Waals surface area contributed by atoms with Gasteiger partial charge in [-0.1, -0.05) is 49.4 Å². The van der Waals surface area contributed by atoms with E-state index in [9.17, 15) is 4.79 Å². The van der Waals surface area contributed by atoms with Gasteiger partial charge in [0.2, 0.25) is 0 Å². The summed E-state index contributed by atoms with van der Waals surface area (Å²) in [5.74, 6) is 0.118. The Bertz CT molecular complexity index is 773. The molecule has 1 heterocycles. The number of hydrogen-bond donors (Lipinski definition) is 0. The van der Waals surface area contributed by atoms with Crippen molar-refractivity contribution in [1.82, 2.24) is 9.78 Å². The molecule has 0 amide bonds. The molecule has 0 saturated carbocycles. The summed E-state index contributed by atoms with van der Waals surface area (Å²) in [5.41, 5.74) is 1.73. The van der Waals surface area contributed by atoms with Crippen molar-refractivity contribution < 1.29 is 4.79 Å². The van der Waals surface area contributed by atoms with Crippen LogP contribution in [0.15, 0.2) is 54.9 Å². The first kappa shape index (κ1) is 13.6. The van der Waals surface area contributed by atoms with Gasteiger partial charge in [-0.05, 0) is 22.8 Å². The zero-order valence-corrected chi connectivity index (χ0v) is 12.1. The number of aromatic nitrogens is 2. The molecule has 21 heavy (non-hydrogen) atoms. The van der Waals surface area contributed by atoms with Crippen LogP contribution in [0.2, 0.25) is 0 Å². The van der Waals surface area contributed by atoms with Crippen LogP contribution in [0, 0.1) is 0 Å². The highest BCUT2D eigenvalue weighted by Crippen LogP contribution is 2.17. The first-order chi connectivity index (χ1) is 10.3. The van der Waals surface area contributed by atoms with Crippen LogP contribution in [0.3, 0.4) is 0 Å². The summed E-state index contributed by atoms with van der Waals surface area (Å²) >= 11 is 0. The third kappa shape index (κ3) is 3.02. The van der Waals surface area contributed by atoms with E-state index in [1.54, 1.807) is 6.20 Å². The number of hydrogen-bond acceptors (Lipinski definition) is 2. The summed E-state index contributed by atoms with van der Waals surface area (Å²) in [6.45, 7) is 2.95. The summed E-state index contributed by atoms with van der Waals surface area (Å²) in [6.07, 6.45) is 4.94. The first-order valence-corrected chi connectivity index (χ1v) is 7.29. The largest absolute Gasteiger partial charge is 0.294 e. The molecule has 2 aromatic carbocycles. The van der Waals surface area contributed by atoms with Crippen LogP contribution in [0.25, 0.3) is 10.8 Å². The number of Topliss-reactive ketones (excluding diaryl/α,β-unsaturated/α-hetero) is 1. The van der Waals surface area contributed by atoms with Crippen molar-refractivity contribution in [1.29, 1.82) is 0 Å². The van der Waals surface area contributed by atoms with Gasteiger partial charge in [0.25, 0.3) is 0 Å². The predicted molar refractivity (Wildman–Crippen MR) is 84.5 cm³/mol. The van der Waals surface area contributed by atoms with Crippen LogP contribution in [0.1, 0.15) is 29.3 Å². The molecule has 0 aliphatic rings. The number of fused-ring (bicyclic) bond motifs is 1. The minimum absolute atomic E-state index is 0.118. The van der Waals surface area contributed by atoms with Crippen molar-refractivity contribution in [3.8, 4) is 0 Å². The van der Waals surface area contributed by atoms with Crippen molar-refractivity contribution in [2.24, 2.45) is 0 Å². The first-order valence-electron chi connectivity index (χ1n) is 7.29. The van der Waals surface area contributed by atoms with Crippen LogP contribution in [0.4, 0.5) is 0 Å². The molecule has 3 aromatic rings. The second-order valence-electron chi connectivity index (χ2n) is 5.27. The van der Waals surface area contributed by atoms with E-state index in [0.29, 0.717) is 12.0 Å². The monoisotopic (exact) mass is 278 g/mol. The molecule has 3 rings (SSSR count). The van der Waals surface area contributed by atoms with E-state index in [2.05, 4.69) is 36.3 Å². The van der Waals surface area contributed by atoms with Crippen LogP contribution in [-0.4, -0.2) is 15.6 Å². The highest BCUT2D eigenvalue weighted by molar-refractivity contribution is 5.97. The van der Waals surface area contributed by atoms with Gasteiger partial charge in [-0.25, -0.2) is 0 Å². The Morgan fingerprint density at radius 2 is 1.95 bits per heavy atom. The Kier molecular flexibility index (Phi) is 3.82. The molecular formula is C18H18N2O. The van der Waals surface area contributed by atoms with Gasteiger partial charge in [0.1, 0.15) is 0 Å². The number of aryl methyl sites for hydroxylation is 1. The topological polar surface area (TPSA) is 34.9 Å². The SMILES string of the molecule is CCCn1cc(C(=O)Cc2ccc3ccccc3c2)cn1. The van der Waals surface area contributed by atoms with Crippen molar-refractivity contribution >= 4 is 16.6 Å². The third-order valence-corrected chi connectivity index (χ3v) is 3.59. The maximum absolute atomic E-state index is 12.3. The number of carbonyl (C=O) groups is 1. The highest BCUT2D eigenvalue weighted by Gasteiger charge is 2.10. The average Bonchev–Trinajstić information content (AvgIpc) is 2.96. The van der Waals surface area contributed by atoms with Gasteiger partial charge >= 0.3 is 0 Å². The lowest BCUT2D eigenvalue weighted by Gasteiger charge is -2.02. The van der Waals surface area contributed by atoms with E-state index >= 15 is 0 Å². The van der Waals surface area contributed by atoms with E-state index in [-0.39, 0.29) is 5.78 Å². The van der Waals surface area contributed by atoms with E-state index in [0.717, 1.165) is 18.5 Å². The molecule has 0 aliphatic heterocycles. The second-order valence-corrected chi connectivity index (χ2v) is 5.27. The van der Waals surface area contributed by atoms with Crippen molar-refractivity contribution in [2.45, 2.75) is 26.3 Å². The highest BCUT2D eigenvalue weighted by atomic mass is 16.1. The summed E-state index contributed by atoms with van der Waals surface area (Å²) in [6, 6.07) is 14.4. The maximum Gasteiger partial charge on any atom is 0.170 e. The summed E-state index contributed by atoms with van der Waals surface area (Å²) in [4.78, 5) is 12.3. The molecule has 0 fully saturated rings. The van der Waals surface area contributed by atoms with Crippen LogP contribution in [0.5, 0.6) is 0 Å². The van der Waals surface area contributed by atoms with E-state index in [1.165, 1.54) is 10.8 Å². The lowest BCUT2D eigenvalue weighted by atomic mass is 10.0. The van der Waals surface area contributed by atoms with Crippen LogP contribution in [-0.2, 0) is 13.0 Å². The Morgan fingerprint density at radius 1 is 1.14 bits per heavy atom. The standard InChI is InChI=1S/C18H18N2O/c1-2-9-20-13-17(12-19-20)18(21)11-14-7-8-15-5-3-4-6-16(15)10-14/h3-8,10,12-13H,2,9,11H2,1H3. The molecule has 0 N–H and O–H groups in total.